The fourth-order valence-corrected chi connectivity index (χ4v) is 0.964. The van der Waals surface area contributed by atoms with E-state index >= 15 is 0 Å². The van der Waals surface area contributed by atoms with Crippen LogP contribution >= 0.6 is 0 Å². The Morgan fingerprint density at radius 2 is 1.83 bits per heavy atom. The maximum absolute atomic E-state index is 11.5. The summed E-state index contributed by atoms with van der Waals surface area (Å²) < 4.78 is 0. The molecule has 0 aliphatic rings. The predicted octanol–water partition coefficient (Wildman–Crippen LogP) is 0.647. The minimum atomic E-state index is -1.20. The zero-order chi connectivity index (χ0) is 14.1. The van der Waals surface area contributed by atoms with E-state index in [-0.39, 0.29) is 11.1 Å². The van der Waals surface area contributed by atoms with Crippen molar-refractivity contribution in [3.63, 3.8) is 0 Å². The lowest BCUT2D eigenvalue weighted by Gasteiger charge is -2.07. The molecule has 0 saturated heterocycles. The molecule has 0 unspecified atom stereocenters. The van der Waals surface area contributed by atoms with Crippen molar-refractivity contribution >= 4 is 17.9 Å². The Morgan fingerprint density at radius 3 is 2.33 bits per heavy atom. The van der Waals surface area contributed by atoms with Crippen LogP contribution in [0, 0.1) is 12.3 Å². The average molecular weight is 252 g/mol. The Morgan fingerprint density at radius 1 is 1.22 bits per heavy atom. The fraction of sp³-hybridized carbons (Fsp3) is 0.417. The zero-order valence-corrected chi connectivity index (χ0v) is 10.4. The van der Waals surface area contributed by atoms with Crippen molar-refractivity contribution in [2.24, 2.45) is 0 Å². The van der Waals surface area contributed by atoms with Gasteiger partial charge in [-0.1, -0.05) is 0 Å². The molecular formula is C12H16N2O4. The minimum absolute atomic E-state index is 0.0127. The molecule has 6 nitrogen and oxygen atoms in total. The standard InChI is InChI=1S/C12H16N2O4/c1-4-5-6-7-13-12(18)14-10(15)8(2)9(3)11(16)17/h1H,5-7H2,2-3H3,(H,16,17)(H2,13,14,15,18). The van der Waals surface area contributed by atoms with Crippen LogP contribution in [0.15, 0.2) is 11.1 Å². The molecule has 98 valence electrons. The number of carboxylic acids is 1. The van der Waals surface area contributed by atoms with Gasteiger partial charge in [-0.15, -0.1) is 12.3 Å². The molecule has 6 heteroatoms. The first-order chi connectivity index (χ1) is 8.40. The van der Waals surface area contributed by atoms with Crippen molar-refractivity contribution in [2.45, 2.75) is 26.7 Å². The second-order valence-corrected chi connectivity index (χ2v) is 3.57. The summed E-state index contributed by atoms with van der Waals surface area (Å²) in [6, 6.07) is -0.672. The molecule has 0 aromatic rings. The quantitative estimate of drug-likeness (QED) is 0.380. The van der Waals surface area contributed by atoms with E-state index in [1.54, 1.807) is 0 Å². The number of amides is 3. The highest BCUT2D eigenvalue weighted by Gasteiger charge is 2.14. The van der Waals surface area contributed by atoms with Gasteiger partial charge in [-0.3, -0.25) is 10.1 Å². The van der Waals surface area contributed by atoms with Crippen LogP contribution in [0.4, 0.5) is 4.79 Å². The molecule has 0 aromatic heterocycles. The number of urea groups is 1. The molecule has 18 heavy (non-hydrogen) atoms. The van der Waals surface area contributed by atoms with Gasteiger partial charge in [0.1, 0.15) is 0 Å². The smallest absolute Gasteiger partial charge is 0.331 e. The van der Waals surface area contributed by atoms with E-state index < -0.39 is 17.9 Å². The van der Waals surface area contributed by atoms with Crippen LogP contribution in [-0.2, 0) is 9.59 Å². The molecule has 0 saturated carbocycles. The van der Waals surface area contributed by atoms with Gasteiger partial charge < -0.3 is 10.4 Å². The van der Waals surface area contributed by atoms with Crippen LogP contribution in [-0.4, -0.2) is 29.6 Å². The monoisotopic (exact) mass is 252 g/mol. The van der Waals surface area contributed by atoms with Crippen molar-refractivity contribution < 1.29 is 19.5 Å². The minimum Gasteiger partial charge on any atom is -0.478 e. The number of aliphatic carboxylic acids is 1. The number of hydrogen-bond donors (Lipinski definition) is 3. The molecule has 0 atom stereocenters. The van der Waals surface area contributed by atoms with E-state index in [1.807, 2.05) is 5.32 Å². The number of nitrogens with one attached hydrogen (secondary N) is 2. The van der Waals surface area contributed by atoms with E-state index in [0.717, 1.165) is 0 Å². The van der Waals surface area contributed by atoms with Gasteiger partial charge in [-0.05, 0) is 20.3 Å². The van der Waals surface area contributed by atoms with Crippen molar-refractivity contribution in [1.82, 2.24) is 10.6 Å². The van der Waals surface area contributed by atoms with Gasteiger partial charge in [0.05, 0.1) is 0 Å². The molecule has 0 aromatic carbocycles. The third kappa shape index (κ3) is 5.70. The third-order valence-corrected chi connectivity index (χ3v) is 2.23. The molecule has 0 aliphatic heterocycles. The maximum Gasteiger partial charge on any atom is 0.331 e. The Labute approximate surface area is 105 Å². The normalized spacial score (nSPS) is 10.9. The van der Waals surface area contributed by atoms with Crippen molar-refractivity contribution in [1.29, 1.82) is 0 Å². The number of carbonyl (C=O) groups excluding carboxylic acids is 2. The van der Waals surface area contributed by atoms with Crippen molar-refractivity contribution in [3.8, 4) is 12.3 Å². The van der Waals surface area contributed by atoms with Crippen LogP contribution in [0.1, 0.15) is 26.7 Å². The van der Waals surface area contributed by atoms with E-state index in [2.05, 4.69) is 11.2 Å². The number of carbonyl (C=O) groups is 3. The molecule has 3 amide bonds. The summed E-state index contributed by atoms with van der Waals surface area (Å²) in [5.41, 5.74) is -0.117. The number of terminal acetylenes is 1. The Bertz CT molecular complexity index is 418. The van der Waals surface area contributed by atoms with Crippen LogP contribution in [0.2, 0.25) is 0 Å². The van der Waals surface area contributed by atoms with Crippen LogP contribution in [0.3, 0.4) is 0 Å². The second-order valence-electron chi connectivity index (χ2n) is 3.57. The van der Waals surface area contributed by atoms with Crippen LogP contribution < -0.4 is 10.6 Å². The summed E-state index contributed by atoms with van der Waals surface area (Å²) in [6.45, 7) is 2.98. The highest BCUT2D eigenvalue weighted by Crippen LogP contribution is 2.03. The SMILES string of the molecule is C#CCCCNC(=O)NC(=O)C(C)=C(C)C(=O)O. The van der Waals surface area contributed by atoms with Gasteiger partial charge in [-0.2, -0.15) is 0 Å². The third-order valence-electron chi connectivity index (χ3n) is 2.23. The van der Waals surface area contributed by atoms with E-state index in [1.165, 1.54) is 13.8 Å². The van der Waals surface area contributed by atoms with Crippen LogP contribution in [0.5, 0.6) is 0 Å². The Balaban J connectivity index is 4.25. The zero-order valence-electron chi connectivity index (χ0n) is 10.4. The van der Waals surface area contributed by atoms with Crippen molar-refractivity contribution in [3.05, 3.63) is 11.1 Å². The van der Waals surface area contributed by atoms with Gasteiger partial charge in [0.2, 0.25) is 0 Å². The molecule has 0 bridgehead atoms. The van der Waals surface area contributed by atoms with Crippen molar-refractivity contribution in [2.75, 3.05) is 6.54 Å². The molecule has 0 aliphatic carbocycles. The molecule has 0 radical (unpaired) electrons. The van der Waals surface area contributed by atoms with Gasteiger partial charge in [0.25, 0.3) is 5.91 Å². The summed E-state index contributed by atoms with van der Waals surface area (Å²) in [5.74, 6) is 0.487. The summed E-state index contributed by atoms with van der Waals surface area (Å²) in [4.78, 5) is 33.3. The summed E-state index contributed by atoms with van der Waals surface area (Å²) in [7, 11) is 0. The highest BCUT2D eigenvalue weighted by molar-refractivity contribution is 6.07. The Kier molecular flexibility index (Phi) is 6.89. The molecule has 0 heterocycles. The van der Waals surface area contributed by atoms with Gasteiger partial charge in [0.15, 0.2) is 0 Å². The van der Waals surface area contributed by atoms with Crippen LogP contribution in [0.25, 0.3) is 0 Å². The number of imide groups is 1. The first-order valence-electron chi connectivity index (χ1n) is 5.33. The summed E-state index contributed by atoms with van der Waals surface area (Å²) >= 11 is 0. The molecule has 3 N–H and O–H groups in total. The second kappa shape index (κ2) is 7.90. The topological polar surface area (TPSA) is 95.5 Å². The number of hydrogen-bond acceptors (Lipinski definition) is 3. The predicted molar refractivity (Wildman–Crippen MR) is 65.6 cm³/mol. The summed E-state index contributed by atoms with van der Waals surface area (Å²) in [6.07, 6.45) is 6.18. The molecule has 0 spiro atoms. The summed E-state index contributed by atoms with van der Waals surface area (Å²) in [5, 5.41) is 13.1. The molecule has 0 rings (SSSR count). The molecular weight excluding hydrogens is 236 g/mol. The average Bonchev–Trinajstić information content (AvgIpc) is 2.32. The van der Waals surface area contributed by atoms with E-state index in [0.29, 0.717) is 19.4 Å². The lowest BCUT2D eigenvalue weighted by Crippen LogP contribution is -2.40. The lowest BCUT2D eigenvalue weighted by atomic mass is 10.1. The maximum atomic E-state index is 11.5. The highest BCUT2D eigenvalue weighted by atomic mass is 16.4. The number of unbranched alkanes of at least 4 members (excludes halogenated alkanes) is 1. The van der Waals surface area contributed by atoms with Gasteiger partial charge >= 0.3 is 12.0 Å². The van der Waals surface area contributed by atoms with Gasteiger partial charge in [-0.25, -0.2) is 9.59 Å². The van der Waals surface area contributed by atoms with E-state index in [4.69, 9.17) is 11.5 Å². The van der Waals surface area contributed by atoms with Gasteiger partial charge in [0, 0.05) is 24.1 Å². The number of carboxylic acid groups (broad SMARTS) is 1. The van der Waals surface area contributed by atoms with E-state index in [9.17, 15) is 14.4 Å². The fourth-order valence-electron chi connectivity index (χ4n) is 0.964. The first kappa shape index (κ1) is 15.7. The Hall–Kier alpha value is -2.29. The largest absolute Gasteiger partial charge is 0.478 e. The first-order valence-corrected chi connectivity index (χ1v) is 5.33. The lowest BCUT2D eigenvalue weighted by molar-refractivity contribution is -0.133. The number of rotatable bonds is 5. The molecule has 0 fully saturated rings.